The number of nitriles is 1. The minimum Gasteiger partial charge on any atom is -0.497 e. The Labute approximate surface area is 197 Å². The van der Waals surface area contributed by atoms with Gasteiger partial charge in [-0.15, -0.1) is 0 Å². The van der Waals surface area contributed by atoms with Crippen molar-refractivity contribution < 1.29 is 23.7 Å². The molecule has 0 radical (unpaired) electrons. The number of benzene rings is 3. The van der Waals surface area contributed by atoms with Gasteiger partial charge in [0.2, 0.25) is 5.88 Å². The van der Waals surface area contributed by atoms with Crippen molar-refractivity contribution in [3.05, 3.63) is 94.9 Å². The molecule has 1 aliphatic rings. The Kier molecular flexibility index (Phi) is 6.69. The van der Waals surface area contributed by atoms with Crippen LogP contribution in [0.4, 0.5) is 0 Å². The van der Waals surface area contributed by atoms with E-state index in [2.05, 4.69) is 6.07 Å². The first-order valence-electron chi connectivity index (χ1n) is 10.8. The molecular formula is C27H24N2O5. The first kappa shape index (κ1) is 22.7. The molecule has 0 bridgehead atoms. The SMILES string of the molecule is CCCOc1cccc(C(=O)Oc2ccc3c(c2)OC(N)=C(C#N)C3c2cccc(OC)c2)c1. The van der Waals surface area contributed by atoms with Gasteiger partial charge in [0.05, 0.1) is 25.2 Å². The lowest BCUT2D eigenvalue weighted by atomic mass is 9.83. The molecule has 1 atom stereocenters. The second kappa shape index (κ2) is 10.0. The number of esters is 1. The fraction of sp³-hybridized carbons (Fsp3) is 0.185. The summed E-state index contributed by atoms with van der Waals surface area (Å²) in [5, 5.41) is 9.74. The maximum absolute atomic E-state index is 12.7. The number of carbonyl (C=O) groups is 1. The summed E-state index contributed by atoms with van der Waals surface area (Å²) >= 11 is 0. The van der Waals surface area contributed by atoms with E-state index >= 15 is 0 Å². The average molecular weight is 456 g/mol. The summed E-state index contributed by atoms with van der Waals surface area (Å²) in [4.78, 5) is 12.7. The standard InChI is InChI=1S/C27H24N2O5/c1-3-12-32-20-9-5-7-18(14-20)27(30)33-21-10-11-22-24(15-21)34-26(29)23(16-28)25(22)17-6-4-8-19(13-17)31-2/h4-11,13-15,25H,3,12,29H2,1-2H3. The minimum atomic E-state index is -0.525. The van der Waals surface area contributed by atoms with Crippen LogP contribution in [0.25, 0.3) is 0 Å². The zero-order chi connectivity index (χ0) is 24.1. The van der Waals surface area contributed by atoms with Crippen molar-refractivity contribution in [2.45, 2.75) is 19.3 Å². The maximum Gasteiger partial charge on any atom is 0.343 e. The Morgan fingerprint density at radius 1 is 1.06 bits per heavy atom. The molecule has 1 heterocycles. The van der Waals surface area contributed by atoms with Crippen LogP contribution in [-0.4, -0.2) is 19.7 Å². The van der Waals surface area contributed by atoms with Gasteiger partial charge in [-0.2, -0.15) is 5.26 Å². The third-order valence-corrected chi connectivity index (χ3v) is 5.37. The van der Waals surface area contributed by atoms with Crippen molar-refractivity contribution in [1.29, 1.82) is 5.26 Å². The van der Waals surface area contributed by atoms with E-state index < -0.39 is 11.9 Å². The zero-order valence-electron chi connectivity index (χ0n) is 18.9. The molecule has 1 aliphatic heterocycles. The lowest BCUT2D eigenvalue weighted by Gasteiger charge is -2.27. The second-order valence-corrected chi connectivity index (χ2v) is 7.67. The van der Waals surface area contributed by atoms with Gasteiger partial charge in [-0.1, -0.05) is 31.2 Å². The molecule has 0 amide bonds. The topological polar surface area (TPSA) is 104 Å². The number of nitrogens with zero attached hydrogens (tertiary/aromatic N) is 1. The van der Waals surface area contributed by atoms with Crippen LogP contribution in [0.2, 0.25) is 0 Å². The van der Waals surface area contributed by atoms with E-state index in [0.29, 0.717) is 40.7 Å². The number of hydrogen-bond donors (Lipinski definition) is 1. The molecule has 0 aromatic heterocycles. The molecule has 0 saturated carbocycles. The van der Waals surface area contributed by atoms with E-state index in [0.717, 1.165) is 17.5 Å². The predicted molar refractivity (Wildman–Crippen MR) is 126 cm³/mol. The molecule has 0 fully saturated rings. The fourth-order valence-electron chi connectivity index (χ4n) is 3.76. The summed E-state index contributed by atoms with van der Waals surface area (Å²) in [6, 6.07) is 21.5. The van der Waals surface area contributed by atoms with E-state index in [1.807, 2.05) is 31.2 Å². The molecule has 172 valence electrons. The van der Waals surface area contributed by atoms with Gasteiger partial charge in [0.25, 0.3) is 0 Å². The Bertz CT molecular complexity index is 1290. The van der Waals surface area contributed by atoms with Crippen molar-refractivity contribution in [2.24, 2.45) is 5.73 Å². The highest BCUT2D eigenvalue weighted by Crippen LogP contribution is 2.44. The molecule has 7 nitrogen and oxygen atoms in total. The van der Waals surface area contributed by atoms with Gasteiger partial charge >= 0.3 is 5.97 Å². The van der Waals surface area contributed by atoms with Crippen molar-refractivity contribution in [3.8, 4) is 29.1 Å². The van der Waals surface area contributed by atoms with E-state index in [1.54, 1.807) is 49.6 Å². The molecule has 0 spiro atoms. The summed E-state index contributed by atoms with van der Waals surface area (Å²) in [5.74, 6) is 1.01. The highest BCUT2D eigenvalue weighted by Gasteiger charge is 2.31. The van der Waals surface area contributed by atoms with Gasteiger partial charge in [-0.25, -0.2) is 4.79 Å². The molecule has 3 aromatic rings. The van der Waals surface area contributed by atoms with Crippen molar-refractivity contribution in [3.63, 3.8) is 0 Å². The van der Waals surface area contributed by atoms with Gasteiger partial charge in [-0.3, -0.25) is 0 Å². The Balaban J connectivity index is 1.63. The Morgan fingerprint density at radius 3 is 2.62 bits per heavy atom. The number of hydrogen-bond acceptors (Lipinski definition) is 7. The van der Waals surface area contributed by atoms with Gasteiger partial charge in [0, 0.05) is 11.6 Å². The van der Waals surface area contributed by atoms with Gasteiger partial charge in [0.1, 0.15) is 34.6 Å². The molecule has 3 aromatic carbocycles. The van der Waals surface area contributed by atoms with Gasteiger partial charge < -0.3 is 24.7 Å². The van der Waals surface area contributed by atoms with Crippen molar-refractivity contribution >= 4 is 5.97 Å². The summed E-state index contributed by atoms with van der Waals surface area (Å²) in [6.07, 6.45) is 0.867. The van der Waals surface area contributed by atoms with Crippen LogP contribution in [-0.2, 0) is 0 Å². The third-order valence-electron chi connectivity index (χ3n) is 5.37. The number of nitrogens with two attached hydrogens (primary N) is 1. The van der Waals surface area contributed by atoms with Crippen molar-refractivity contribution in [2.75, 3.05) is 13.7 Å². The number of carbonyl (C=O) groups excluding carboxylic acids is 1. The molecule has 34 heavy (non-hydrogen) atoms. The Morgan fingerprint density at radius 2 is 1.85 bits per heavy atom. The lowest BCUT2D eigenvalue weighted by Crippen LogP contribution is -2.21. The maximum atomic E-state index is 12.7. The quantitative estimate of drug-likeness (QED) is 0.397. The van der Waals surface area contributed by atoms with Crippen LogP contribution in [0.5, 0.6) is 23.0 Å². The summed E-state index contributed by atoms with van der Waals surface area (Å²) < 4.78 is 22.2. The van der Waals surface area contributed by atoms with E-state index in [1.165, 1.54) is 0 Å². The van der Waals surface area contributed by atoms with E-state index in [9.17, 15) is 10.1 Å². The summed E-state index contributed by atoms with van der Waals surface area (Å²) in [6.45, 7) is 2.57. The first-order chi connectivity index (χ1) is 16.5. The fourth-order valence-corrected chi connectivity index (χ4v) is 3.76. The average Bonchev–Trinajstić information content (AvgIpc) is 2.86. The second-order valence-electron chi connectivity index (χ2n) is 7.67. The van der Waals surface area contributed by atoms with Crippen LogP contribution >= 0.6 is 0 Å². The highest BCUT2D eigenvalue weighted by atomic mass is 16.5. The number of fused-ring (bicyclic) bond motifs is 1. The molecule has 0 aliphatic carbocycles. The zero-order valence-corrected chi connectivity index (χ0v) is 18.9. The van der Waals surface area contributed by atoms with Crippen molar-refractivity contribution in [1.82, 2.24) is 0 Å². The highest BCUT2D eigenvalue weighted by molar-refractivity contribution is 5.91. The number of rotatable bonds is 7. The molecule has 2 N–H and O–H groups in total. The van der Waals surface area contributed by atoms with Crippen LogP contribution in [0, 0.1) is 11.3 Å². The minimum absolute atomic E-state index is 0.00655. The monoisotopic (exact) mass is 456 g/mol. The van der Waals surface area contributed by atoms with E-state index in [4.69, 9.17) is 24.7 Å². The van der Waals surface area contributed by atoms with Crippen LogP contribution in [0.1, 0.15) is 40.7 Å². The normalized spacial score (nSPS) is 14.4. The number of methoxy groups -OCH3 is 1. The molecular weight excluding hydrogens is 432 g/mol. The van der Waals surface area contributed by atoms with Crippen LogP contribution in [0.15, 0.2) is 78.2 Å². The van der Waals surface area contributed by atoms with Crippen LogP contribution in [0.3, 0.4) is 0 Å². The van der Waals surface area contributed by atoms with Gasteiger partial charge in [-0.05, 0) is 48.4 Å². The number of allylic oxidation sites excluding steroid dienone is 1. The summed E-state index contributed by atoms with van der Waals surface area (Å²) in [5.41, 5.74) is 8.31. The lowest BCUT2D eigenvalue weighted by molar-refractivity contribution is 0.0734. The molecule has 4 rings (SSSR count). The Hall–Kier alpha value is -4.44. The molecule has 0 saturated heterocycles. The largest absolute Gasteiger partial charge is 0.497 e. The number of ether oxygens (including phenoxy) is 4. The smallest absolute Gasteiger partial charge is 0.343 e. The predicted octanol–water partition coefficient (Wildman–Crippen LogP) is 4.92. The van der Waals surface area contributed by atoms with Gasteiger partial charge in [0.15, 0.2) is 0 Å². The molecule has 7 heteroatoms. The molecule has 1 unspecified atom stereocenters. The summed E-state index contributed by atoms with van der Waals surface area (Å²) in [7, 11) is 1.58. The third kappa shape index (κ3) is 4.66. The van der Waals surface area contributed by atoms with E-state index in [-0.39, 0.29) is 5.88 Å². The first-order valence-corrected chi connectivity index (χ1v) is 10.8. The van der Waals surface area contributed by atoms with Crippen LogP contribution < -0.4 is 24.7 Å².